The quantitative estimate of drug-likeness (QED) is 0.576. The fourth-order valence-electron chi connectivity index (χ4n) is 3.59. The number of anilines is 1. The van der Waals surface area contributed by atoms with E-state index < -0.39 is 11.7 Å². The summed E-state index contributed by atoms with van der Waals surface area (Å²) in [5.41, 5.74) is 1.39. The average molecular weight is 374 g/mol. The predicted octanol–water partition coefficient (Wildman–Crippen LogP) is 2.64. The third kappa shape index (κ3) is 5.28. The zero-order valence-corrected chi connectivity index (χ0v) is 16.1. The van der Waals surface area contributed by atoms with Crippen LogP contribution in [0.15, 0.2) is 18.3 Å². The molecule has 1 fully saturated rings. The Bertz CT molecular complexity index is 657. The molecule has 3 N–H and O–H groups in total. The molecule has 3 heterocycles. The van der Waals surface area contributed by atoms with Crippen LogP contribution in [0, 0.1) is 0 Å². The van der Waals surface area contributed by atoms with Crippen molar-refractivity contribution in [2.45, 2.75) is 37.7 Å². The molecule has 3 rings (SSSR count). The van der Waals surface area contributed by atoms with Crippen LogP contribution in [0.5, 0.6) is 0 Å². The number of piperidine rings is 1. The van der Waals surface area contributed by atoms with E-state index in [-0.39, 0.29) is 0 Å². The monoisotopic (exact) mass is 374 g/mol. The molecule has 0 radical (unpaired) electrons. The lowest BCUT2D eigenvalue weighted by molar-refractivity contribution is -0.0130. The van der Waals surface area contributed by atoms with Gasteiger partial charge < -0.3 is 20.1 Å². The third-order valence-corrected chi connectivity index (χ3v) is 5.06. The molecule has 7 heteroatoms. The Morgan fingerprint density at radius 3 is 3.00 bits per heavy atom. The highest BCUT2D eigenvalue weighted by Crippen LogP contribution is 2.41. The second-order valence-electron chi connectivity index (χ2n) is 7.07. The number of amides is 1. The molecule has 0 bridgehead atoms. The highest BCUT2D eigenvalue weighted by Gasteiger charge is 2.43. The van der Waals surface area contributed by atoms with Gasteiger partial charge >= 0.3 is 6.09 Å². The van der Waals surface area contributed by atoms with Gasteiger partial charge in [0.15, 0.2) is 0 Å². The summed E-state index contributed by atoms with van der Waals surface area (Å²) >= 11 is 0. The first-order chi connectivity index (χ1) is 13.2. The molecule has 0 aromatic carbocycles. The summed E-state index contributed by atoms with van der Waals surface area (Å²) in [6.07, 6.45) is 10.4. The number of pyridine rings is 1. The van der Waals surface area contributed by atoms with E-state index in [1.54, 1.807) is 6.20 Å². The van der Waals surface area contributed by atoms with Crippen LogP contribution in [-0.2, 0) is 15.1 Å². The number of carbonyl (C=O) groups excluding carboxylic acids is 1. The second kappa shape index (κ2) is 9.82. The lowest BCUT2D eigenvalue weighted by atomic mass is 9.83. The summed E-state index contributed by atoms with van der Waals surface area (Å²) in [5, 5.41) is 9.19. The van der Waals surface area contributed by atoms with Gasteiger partial charge in [-0.05, 0) is 57.6 Å². The number of rotatable bonds is 9. The van der Waals surface area contributed by atoms with Gasteiger partial charge in [0.2, 0.25) is 0 Å². The standard InChI is InChI=1S/C20H30N4O3/c1-21-9-3-2-4-12-26-13-5-6-16-14-17-18(23-15-16)24-19(25)27-20(17)7-10-22-11-8-20/h5-6,14-15,21-22H,2-4,7-13H2,1H3,(H,23,24,25)/b6-5+. The van der Waals surface area contributed by atoms with E-state index in [0.717, 1.165) is 56.6 Å². The molecule has 7 nitrogen and oxygen atoms in total. The molecule has 0 aliphatic carbocycles. The maximum absolute atomic E-state index is 11.9. The molecule has 0 atom stereocenters. The molecule has 148 valence electrons. The number of ether oxygens (including phenoxy) is 2. The Morgan fingerprint density at radius 1 is 1.33 bits per heavy atom. The molecule has 27 heavy (non-hydrogen) atoms. The molecule has 1 saturated heterocycles. The zero-order chi connectivity index (χ0) is 19.0. The fraction of sp³-hybridized carbons (Fsp3) is 0.600. The normalized spacial score (nSPS) is 18.3. The molecule has 0 unspecified atom stereocenters. The molecule has 1 aromatic rings. The van der Waals surface area contributed by atoms with E-state index >= 15 is 0 Å². The van der Waals surface area contributed by atoms with Crippen LogP contribution >= 0.6 is 0 Å². The summed E-state index contributed by atoms with van der Waals surface area (Å²) in [5.74, 6) is 0.614. The van der Waals surface area contributed by atoms with E-state index in [9.17, 15) is 4.79 Å². The van der Waals surface area contributed by atoms with Crippen molar-refractivity contribution in [3.8, 4) is 0 Å². The number of nitrogens with one attached hydrogen (secondary N) is 3. The minimum Gasteiger partial charge on any atom is -0.438 e. The number of carbonyl (C=O) groups is 1. The number of nitrogens with zero attached hydrogens (tertiary/aromatic N) is 1. The second-order valence-corrected chi connectivity index (χ2v) is 7.07. The smallest absolute Gasteiger partial charge is 0.413 e. The number of unbranched alkanes of at least 4 members (excludes halogenated alkanes) is 2. The Labute approximate surface area is 160 Å². The SMILES string of the molecule is CNCCCCCOC/C=C/c1cnc2c(c1)C1(CCNCC1)OC(=O)N2. The van der Waals surface area contributed by atoms with Crippen molar-refractivity contribution in [1.29, 1.82) is 0 Å². The van der Waals surface area contributed by atoms with E-state index in [4.69, 9.17) is 9.47 Å². The Morgan fingerprint density at radius 2 is 2.19 bits per heavy atom. The molecule has 0 saturated carbocycles. The van der Waals surface area contributed by atoms with Crippen LogP contribution in [0.3, 0.4) is 0 Å². The maximum atomic E-state index is 11.9. The lowest BCUT2D eigenvalue weighted by Gasteiger charge is -2.40. The summed E-state index contributed by atoms with van der Waals surface area (Å²) in [7, 11) is 1.98. The van der Waals surface area contributed by atoms with Gasteiger partial charge in [0.1, 0.15) is 11.4 Å². The maximum Gasteiger partial charge on any atom is 0.413 e. The summed E-state index contributed by atoms with van der Waals surface area (Å²) in [6, 6.07) is 2.07. The van der Waals surface area contributed by atoms with Crippen molar-refractivity contribution < 1.29 is 14.3 Å². The Kier molecular flexibility index (Phi) is 7.20. The van der Waals surface area contributed by atoms with Gasteiger partial charge in [0, 0.05) is 31.2 Å². The van der Waals surface area contributed by atoms with Gasteiger partial charge in [-0.2, -0.15) is 0 Å². The van der Waals surface area contributed by atoms with Crippen molar-refractivity contribution in [2.24, 2.45) is 0 Å². The van der Waals surface area contributed by atoms with Gasteiger partial charge in [-0.25, -0.2) is 9.78 Å². The molecular weight excluding hydrogens is 344 g/mol. The van der Waals surface area contributed by atoms with Gasteiger partial charge in [-0.1, -0.05) is 12.2 Å². The average Bonchev–Trinajstić information content (AvgIpc) is 2.68. The number of hydrogen-bond donors (Lipinski definition) is 3. The van der Waals surface area contributed by atoms with E-state index in [1.807, 2.05) is 19.2 Å². The first-order valence-corrected chi connectivity index (χ1v) is 9.84. The molecule has 1 spiro atoms. The van der Waals surface area contributed by atoms with Gasteiger partial charge in [-0.3, -0.25) is 5.32 Å². The van der Waals surface area contributed by atoms with Crippen LogP contribution in [0.2, 0.25) is 0 Å². The molecule has 2 aliphatic rings. The highest BCUT2D eigenvalue weighted by molar-refractivity contribution is 5.87. The highest BCUT2D eigenvalue weighted by atomic mass is 16.6. The van der Waals surface area contributed by atoms with E-state index in [2.05, 4.69) is 27.0 Å². The minimum atomic E-state index is -0.566. The third-order valence-electron chi connectivity index (χ3n) is 5.06. The van der Waals surface area contributed by atoms with Crippen LogP contribution < -0.4 is 16.0 Å². The Balaban J connectivity index is 1.55. The van der Waals surface area contributed by atoms with Crippen LogP contribution in [0.25, 0.3) is 6.08 Å². The first-order valence-electron chi connectivity index (χ1n) is 9.84. The molecule has 1 aromatic heterocycles. The van der Waals surface area contributed by atoms with Crippen LogP contribution in [0.4, 0.5) is 10.6 Å². The number of fused-ring (bicyclic) bond motifs is 2. The van der Waals surface area contributed by atoms with Gasteiger partial charge in [0.25, 0.3) is 0 Å². The minimum absolute atomic E-state index is 0.414. The molecule has 1 amide bonds. The van der Waals surface area contributed by atoms with Crippen molar-refractivity contribution in [3.05, 3.63) is 29.5 Å². The first kappa shape index (κ1) is 19.8. The molecular formula is C20H30N4O3. The van der Waals surface area contributed by atoms with Gasteiger partial charge in [0.05, 0.1) is 6.61 Å². The largest absolute Gasteiger partial charge is 0.438 e. The zero-order valence-electron chi connectivity index (χ0n) is 16.1. The van der Waals surface area contributed by atoms with Gasteiger partial charge in [-0.15, -0.1) is 0 Å². The van der Waals surface area contributed by atoms with Crippen molar-refractivity contribution in [1.82, 2.24) is 15.6 Å². The number of hydrogen-bond acceptors (Lipinski definition) is 6. The van der Waals surface area contributed by atoms with Crippen molar-refractivity contribution in [3.63, 3.8) is 0 Å². The van der Waals surface area contributed by atoms with E-state index in [1.165, 1.54) is 12.8 Å². The molecule has 2 aliphatic heterocycles. The fourth-order valence-corrected chi connectivity index (χ4v) is 3.59. The predicted molar refractivity (Wildman–Crippen MR) is 106 cm³/mol. The lowest BCUT2D eigenvalue weighted by Crippen LogP contribution is -2.47. The van der Waals surface area contributed by atoms with Crippen molar-refractivity contribution in [2.75, 3.05) is 45.2 Å². The summed E-state index contributed by atoms with van der Waals surface area (Å²) in [4.78, 5) is 16.4. The van der Waals surface area contributed by atoms with E-state index in [0.29, 0.717) is 12.4 Å². The summed E-state index contributed by atoms with van der Waals surface area (Å²) < 4.78 is 11.4. The number of aromatic nitrogens is 1. The van der Waals surface area contributed by atoms with Crippen LogP contribution in [0.1, 0.15) is 43.2 Å². The topological polar surface area (TPSA) is 84.5 Å². The summed E-state index contributed by atoms with van der Waals surface area (Å²) in [6.45, 7) is 4.09. The van der Waals surface area contributed by atoms with Crippen molar-refractivity contribution >= 4 is 18.0 Å². The van der Waals surface area contributed by atoms with Crippen LogP contribution in [-0.4, -0.2) is 51.0 Å². The Hall–Kier alpha value is -1.96.